The topological polar surface area (TPSA) is 34.0 Å². The second kappa shape index (κ2) is 4.41. The molecule has 2 fully saturated rings. The zero-order chi connectivity index (χ0) is 12.8. The van der Waals surface area contributed by atoms with Crippen molar-refractivity contribution in [3.8, 4) is 0 Å². The lowest BCUT2D eigenvalue weighted by Crippen LogP contribution is -2.31. The fraction of sp³-hybridized carbons (Fsp3) is 0.643. The lowest BCUT2D eigenvalue weighted by atomic mass is 10.0. The number of nitrogens with one attached hydrogen (secondary N) is 1. The summed E-state index contributed by atoms with van der Waals surface area (Å²) in [6, 6.07) is 2.47. The molecule has 3 rings (SSSR count). The number of hydrogen-bond donors (Lipinski definition) is 1. The van der Waals surface area contributed by atoms with Gasteiger partial charge in [0.15, 0.2) is 0 Å². The molecule has 0 radical (unpaired) electrons. The van der Waals surface area contributed by atoms with E-state index in [0.717, 1.165) is 16.7 Å². The van der Waals surface area contributed by atoms with Gasteiger partial charge in [-0.3, -0.25) is 4.79 Å². The molecular formula is C14H19BrN2O. The van der Waals surface area contributed by atoms with Crippen molar-refractivity contribution in [3.05, 3.63) is 22.4 Å². The van der Waals surface area contributed by atoms with Crippen LogP contribution in [0.2, 0.25) is 0 Å². The van der Waals surface area contributed by atoms with Gasteiger partial charge in [-0.25, -0.2) is 0 Å². The quantitative estimate of drug-likeness (QED) is 0.887. The summed E-state index contributed by atoms with van der Waals surface area (Å²) in [5.41, 5.74) is 1.21. The first kappa shape index (κ1) is 12.3. The van der Waals surface area contributed by atoms with Gasteiger partial charge in [0.05, 0.1) is 0 Å². The molecule has 3 nitrogen and oxygen atoms in total. The molecule has 0 bridgehead atoms. The smallest absolute Gasteiger partial charge is 0.267 e. The van der Waals surface area contributed by atoms with Crippen molar-refractivity contribution in [2.24, 2.45) is 5.41 Å². The third kappa shape index (κ3) is 2.35. The second-order valence-electron chi connectivity index (χ2n) is 5.72. The second-order valence-corrected chi connectivity index (χ2v) is 6.63. The number of hydrogen-bond acceptors (Lipinski definition) is 1. The van der Waals surface area contributed by atoms with Crippen molar-refractivity contribution in [1.29, 1.82) is 0 Å². The summed E-state index contributed by atoms with van der Waals surface area (Å²) in [4.78, 5) is 12.2. The van der Waals surface area contributed by atoms with Crippen LogP contribution in [0.25, 0.3) is 0 Å². The van der Waals surface area contributed by atoms with Crippen LogP contribution in [-0.2, 0) is 0 Å². The highest BCUT2D eigenvalue weighted by Crippen LogP contribution is 2.47. The summed E-state index contributed by atoms with van der Waals surface area (Å²) in [7, 11) is 0. The van der Waals surface area contributed by atoms with Crippen LogP contribution >= 0.6 is 15.9 Å². The van der Waals surface area contributed by atoms with E-state index in [1.165, 1.54) is 32.1 Å². The van der Waals surface area contributed by atoms with Gasteiger partial charge in [-0.2, -0.15) is 0 Å². The largest absolute Gasteiger partial charge is 0.350 e. The molecule has 0 spiro atoms. The van der Waals surface area contributed by atoms with Crippen molar-refractivity contribution in [2.75, 3.05) is 6.54 Å². The predicted molar refractivity (Wildman–Crippen MR) is 74.7 cm³/mol. The van der Waals surface area contributed by atoms with E-state index in [0.29, 0.717) is 11.5 Å². The van der Waals surface area contributed by atoms with E-state index in [2.05, 4.69) is 32.7 Å². The van der Waals surface area contributed by atoms with E-state index >= 15 is 0 Å². The van der Waals surface area contributed by atoms with Gasteiger partial charge in [0.2, 0.25) is 0 Å². The summed E-state index contributed by atoms with van der Waals surface area (Å²) in [6.45, 7) is 3.04. The lowest BCUT2D eigenvalue weighted by molar-refractivity contribution is 0.0935. The molecule has 0 aromatic carbocycles. The standard InChI is InChI=1S/C14H19BrN2O/c1-2-14(5-6-14)9-16-13(18)12-7-10(15)8-17(12)11-3-4-11/h7-8,11H,2-6,9H2,1H3,(H,16,18). The Bertz CT molecular complexity index is 472. The summed E-state index contributed by atoms with van der Waals surface area (Å²) in [6.07, 6.45) is 8.11. The minimum absolute atomic E-state index is 0.0762. The Morgan fingerprint density at radius 1 is 1.56 bits per heavy atom. The van der Waals surface area contributed by atoms with E-state index in [1.807, 2.05) is 12.3 Å². The highest BCUT2D eigenvalue weighted by Gasteiger charge is 2.40. The summed E-state index contributed by atoms with van der Waals surface area (Å²) < 4.78 is 3.11. The van der Waals surface area contributed by atoms with Gasteiger partial charge in [0, 0.05) is 23.3 Å². The van der Waals surface area contributed by atoms with Gasteiger partial charge in [-0.15, -0.1) is 0 Å². The summed E-state index contributed by atoms with van der Waals surface area (Å²) in [5.74, 6) is 0.0762. The first-order valence-corrected chi connectivity index (χ1v) is 7.58. The maximum atomic E-state index is 12.2. The Kier molecular flexibility index (Phi) is 3.00. The van der Waals surface area contributed by atoms with Gasteiger partial charge in [-0.05, 0) is 59.5 Å². The third-order valence-electron chi connectivity index (χ3n) is 4.32. The van der Waals surface area contributed by atoms with Gasteiger partial charge in [0.25, 0.3) is 5.91 Å². The average Bonchev–Trinajstić information content (AvgIpc) is 3.26. The molecule has 2 aliphatic rings. The Morgan fingerprint density at radius 3 is 2.83 bits per heavy atom. The zero-order valence-electron chi connectivity index (χ0n) is 10.7. The summed E-state index contributed by atoms with van der Waals surface area (Å²) in [5, 5.41) is 3.11. The molecule has 2 aliphatic carbocycles. The molecule has 18 heavy (non-hydrogen) atoms. The van der Waals surface area contributed by atoms with E-state index in [-0.39, 0.29) is 5.91 Å². The number of carbonyl (C=O) groups is 1. The summed E-state index contributed by atoms with van der Waals surface area (Å²) >= 11 is 3.46. The fourth-order valence-corrected chi connectivity index (χ4v) is 2.91. The Hall–Kier alpha value is -0.770. The van der Waals surface area contributed by atoms with E-state index < -0.39 is 0 Å². The monoisotopic (exact) mass is 310 g/mol. The van der Waals surface area contributed by atoms with Crippen molar-refractivity contribution >= 4 is 21.8 Å². The molecule has 1 aromatic heterocycles. The fourth-order valence-electron chi connectivity index (χ4n) is 2.47. The van der Waals surface area contributed by atoms with Gasteiger partial charge < -0.3 is 9.88 Å². The minimum Gasteiger partial charge on any atom is -0.350 e. The number of amides is 1. The van der Waals surface area contributed by atoms with Crippen LogP contribution in [0.4, 0.5) is 0 Å². The van der Waals surface area contributed by atoms with E-state index in [4.69, 9.17) is 0 Å². The van der Waals surface area contributed by atoms with Crippen LogP contribution in [-0.4, -0.2) is 17.0 Å². The maximum Gasteiger partial charge on any atom is 0.267 e. The molecule has 1 amide bonds. The normalized spacial score (nSPS) is 20.8. The molecule has 1 aromatic rings. The molecule has 1 heterocycles. The molecule has 98 valence electrons. The lowest BCUT2D eigenvalue weighted by Gasteiger charge is -2.14. The van der Waals surface area contributed by atoms with E-state index in [1.54, 1.807) is 0 Å². The number of rotatable bonds is 5. The average molecular weight is 311 g/mol. The first-order valence-electron chi connectivity index (χ1n) is 6.79. The molecule has 0 unspecified atom stereocenters. The number of carbonyl (C=O) groups excluding carboxylic acids is 1. The first-order chi connectivity index (χ1) is 8.63. The Labute approximate surface area is 116 Å². The van der Waals surface area contributed by atoms with E-state index in [9.17, 15) is 4.79 Å². The van der Waals surface area contributed by atoms with Crippen molar-refractivity contribution < 1.29 is 4.79 Å². The van der Waals surface area contributed by atoms with Crippen molar-refractivity contribution in [1.82, 2.24) is 9.88 Å². The molecular weight excluding hydrogens is 292 g/mol. The molecule has 4 heteroatoms. The Morgan fingerprint density at radius 2 is 2.28 bits per heavy atom. The van der Waals surface area contributed by atoms with Crippen molar-refractivity contribution in [2.45, 2.75) is 45.1 Å². The van der Waals surface area contributed by atoms with Gasteiger partial charge in [0.1, 0.15) is 5.69 Å². The van der Waals surface area contributed by atoms with Crippen LogP contribution in [0.5, 0.6) is 0 Å². The van der Waals surface area contributed by atoms with Crippen LogP contribution in [0.15, 0.2) is 16.7 Å². The SMILES string of the molecule is CCC1(CNC(=O)c2cc(Br)cn2C2CC2)CC1. The van der Waals surface area contributed by atoms with Crippen LogP contribution in [0.1, 0.15) is 55.6 Å². The number of halogens is 1. The molecule has 1 N–H and O–H groups in total. The molecule has 0 aliphatic heterocycles. The minimum atomic E-state index is 0.0762. The zero-order valence-corrected chi connectivity index (χ0v) is 12.3. The highest BCUT2D eigenvalue weighted by atomic mass is 79.9. The van der Waals surface area contributed by atoms with Crippen molar-refractivity contribution in [3.63, 3.8) is 0 Å². The van der Waals surface area contributed by atoms with Gasteiger partial charge in [-0.1, -0.05) is 6.92 Å². The highest BCUT2D eigenvalue weighted by molar-refractivity contribution is 9.10. The maximum absolute atomic E-state index is 12.2. The van der Waals surface area contributed by atoms with Crippen LogP contribution in [0.3, 0.4) is 0 Å². The number of nitrogens with zero attached hydrogens (tertiary/aromatic N) is 1. The molecule has 0 atom stereocenters. The number of aromatic nitrogens is 1. The Balaban J connectivity index is 1.68. The van der Waals surface area contributed by atoms with Crippen LogP contribution in [0, 0.1) is 5.41 Å². The molecule has 2 saturated carbocycles. The molecule has 0 saturated heterocycles. The van der Waals surface area contributed by atoms with Crippen LogP contribution < -0.4 is 5.32 Å². The van der Waals surface area contributed by atoms with Gasteiger partial charge >= 0.3 is 0 Å². The third-order valence-corrected chi connectivity index (χ3v) is 4.75. The predicted octanol–water partition coefficient (Wildman–Crippen LogP) is 3.51.